The highest BCUT2D eigenvalue weighted by Crippen LogP contribution is 1.99. The summed E-state index contributed by atoms with van der Waals surface area (Å²) >= 11 is 0. The molecule has 2 unspecified atom stereocenters. The van der Waals surface area contributed by atoms with Crippen molar-refractivity contribution in [3.63, 3.8) is 0 Å². The molecule has 0 aromatic heterocycles. The van der Waals surface area contributed by atoms with Gasteiger partial charge in [-0.05, 0) is 6.92 Å². The highest BCUT2D eigenvalue weighted by molar-refractivity contribution is 5.78. The number of terminal acetylenes is 1. The number of hydrogen-bond donors (Lipinski definition) is 2. The molecule has 1 saturated heterocycles. The van der Waals surface area contributed by atoms with Gasteiger partial charge in [-0.25, -0.2) is 0 Å². The lowest BCUT2D eigenvalue weighted by molar-refractivity contribution is -0.119. The minimum atomic E-state index is 0.0488. The third-order valence-corrected chi connectivity index (χ3v) is 1.71. The molecule has 1 aliphatic rings. The number of carbonyl (C=O) groups excluding carboxylic acids is 1. The maximum absolute atomic E-state index is 10.7. The fourth-order valence-corrected chi connectivity index (χ4v) is 1.12. The van der Waals surface area contributed by atoms with Gasteiger partial charge in [0, 0.05) is 19.0 Å². The molecule has 11 heavy (non-hydrogen) atoms. The van der Waals surface area contributed by atoms with Crippen LogP contribution in [0.1, 0.15) is 13.3 Å². The average Bonchev–Trinajstić information content (AvgIpc) is 2.35. The van der Waals surface area contributed by atoms with E-state index in [1.165, 1.54) is 0 Å². The van der Waals surface area contributed by atoms with Crippen LogP contribution >= 0.6 is 0 Å². The van der Waals surface area contributed by atoms with Crippen molar-refractivity contribution in [1.29, 1.82) is 0 Å². The zero-order chi connectivity index (χ0) is 8.27. The number of rotatable bonds is 2. The largest absolute Gasteiger partial charge is 0.354 e. The second kappa shape index (κ2) is 3.40. The number of carbonyl (C=O) groups is 1. The molecule has 2 atom stereocenters. The summed E-state index contributed by atoms with van der Waals surface area (Å²) in [6, 6.07) is 0.265. The van der Waals surface area contributed by atoms with E-state index in [2.05, 4.69) is 16.6 Å². The van der Waals surface area contributed by atoms with E-state index < -0.39 is 0 Å². The van der Waals surface area contributed by atoms with Crippen LogP contribution in [0.5, 0.6) is 0 Å². The lowest BCUT2D eigenvalue weighted by atomic mass is 10.2. The van der Waals surface area contributed by atoms with Gasteiger partial charge < -0.3 is 5.32 Å². The van der Waals surface area contributed by atoms with Crippen LogP contribution in [0.25, 0.3) is 0 Å². The quantitative estimate of drug-likeness (QED) is 0.523. The zero-order valence-electron chi connectivity index (χ0n) is 6.55. The first-order chi connectivity index (χ1) is 5.22. The predicted molar refractivity (Wildman–Crippen MR) is 42.8 cm³/mol. The van der Waals surface area contributed by atoms with E-state index in [9.17, 15) is 4.79 Å². The van der Waals surface area contributed by atoms with Crippen LogP contribution in [0.3, 0.4) is 0 Å². The molecule has 0 spiro atoms. The molecule has 0 aliphatic carbocycles. The average molecular weight is 152 g/mol. The van der Waals surface area contributed by atoms with Crippen molar-refractivity contribution in [2.75, 3.05) is 6.54 Å². The molecular formula is C8H12N2O. The SMILES string of the molecule is C#CC(C)NC1CNC(=O)C1. The second-order valence-electron chi connectivity index (χ2n) is 2.76. The number of amides is 1. The Morgan fingerprint density at radius 3 is 3.09 bits per heavy atom. The molecule has 1 aliphatic heterocycles. The summed E-state index contributed by atoms with van der Waals surface area (Å²) in [5.41, 5.74) is 0. The fraction of sp³-hybridized carbons (Fsp3) is 0.625. The Bertz CT molecular complexity index is 195. The Morgan fingerprint density at radius 2 is 2.64 bits per heavy atom. The predicted octanol–water partition coefficient (Wildman–Crippen LogP) is -0.514. The number of hydrogen-bond acceptors (Lipinski definition) is 2. The fourth-order valence-electron chi connectivity index (χ4n) is 1.12. The number of nitrogens with one attached hydrogen (secondary N) is 2. The molecule has 1 amide bonds. The summed E-state index contributed by atoms with van der Waals surface area (Å²) in [7, 11) is 0. The molecule has 0 aromatic rings. The van der Waals surface area contributed by atoms with Crippen molar-refractivity contribution in [2.24, 2.45) is 0 Å². The molecule has 0 radical (unpaired) electrons. The first-order valence-corrected chi connectivity index (χ1v) is 3.71. The highest BCUT2D eigenvalue weighted by atomic mass is 16.1. The minimum absolute atomic E-state index is 0.0488. The van der Waals surface area contributed by atoms with Crippen molar-refractivity contribution in [3.8, 4) is 12.3 Å². The third-order valence-electron chi connectivity index (χ3n) is 1.71. The summed E-state index contributed by atoms with van der Waals surface area (Å²) < 4.78 is 0. The smallest absolute Gasteiger partial charge is 0.221 e. The Labute approximate surface area is 66.5 Å². The molecular weight excluding hydrogens is 140 g/mol. The van der Waals surface area contributed by atoms with Gasteiger partial charge in [0.1, 0.15) is 0 Å². The Morgan fingerprint density at radius 1 is 1.91 bits per heavy atom. The minimum Gasteiger partial charge on any atom is -0.354 e. The lowest BCUT2D eigenvalue weighted by Crippen LogP contribution is -2.36. The van der Waals surface area contributed by atoms with E-state index in [1.54, 1.807) is 0 Å². The van der Waals surface area contributed by atoms with Crippen molar-refractivity contribution in [3.05, 3.63) is 0 Å². The summed E-state index contributed by atoms with van der Waals surface area (Å²) in [6.45, 7) is 2.60. The molecule has 2 N–H and O–H groups in total. The third kappa shape index (κ3) is 2.24. The van der Waals surface area contributed by atoms with E-state index in [1.807, 2.05) is 6.92 Å². The molecule has 3 nitrogen and oxygen atoms in total. The summed E-state index contributed by atoms with van der Waals surface area (Å²) in [4.78, 5) is 10.7. The van der Waals surface area contributed by atoms with Crippen LogP contribution in [0.4, 0.5) is 0 Å². The Balaban J connectivity index is 2.29. The maximum atomic E-state index is 10.7. The van der Waals surface area contributed by atoms with Crippen LogP contribution in [0, 0.1) is 12.3 Å². The maximum Gasteiger partial charge on any atom is 0.221 e. The summed E-state index contributed by atoms with van der Waals surface area (Å²) in [6.07, 6.45) is 5.71. The van der Waals surface area contributed by atoms with E-state index in [4.69, 9.17) is 6.42 Å². The van der Waals surface area contributed by atoms with Gasteiger partial charge in [0.25, 0.3) is 0 Å². The molecule has 1 fully saturated rings. The Hall–Kier alpha value is -1.01. The molecule has 0 saturated carbocycles. The van der Waals surface area contributed by atoms with Crippen LogP contribution < -0.4 is 10.6 Å². The van der Waals surface area contributed by atoms with Crippen molar-refractivity contribution in [1.82, 2.24) is 10.6 Å². The van der Waals surface area contributed by atoms with E-state index in [0.29, 0.717) is 13.0 Å². The Kier molecular flexibility index (Phi) is 2.50. The van der Waals surface area contributed by atoms with Crippen LogP contribution in [0.15, 0.2) is 0 Å². The molecule has 0 aromatic carbocycles. The summed E-state index contributed by atoms with van der Waals surface area (Å²) in [5.74, 6) is 2.66. The second-order valence-corrected chi connectivity index (χ2v) is 2.76. The standard InChI is InChI=1S/C8H12N2O/c1-3-6(2)10-7-4-8(11)9-5-7/h1,6-7,10H,4-5H2,2H3,(H,9,11). The normalized spacial score (nSPS) is 25.8. The van der Waals surface area contributed by atoms with Crippen LogP contribution in [0.2, 0.25) is 0 Å². The monoisotopic (exact) mass is 152 g/mol. The summed E-state index contributed by atoms with van der Waals surface area (Å²) in [5, 5.41) is 5.87. The van der Waals surface area contributed by atoms with Gasteiger partial charge in [-0.3, -0.25) is 10.1 Å². The van der Waals surface area contributed by atoms with Gasteiger partial charge in [0.05, 0.1) is 6.04 Å². The van der Waals surface area contributed by atoms with Gasteiger partial charge in [-0.15, -0.1) is 6.42 Å². The molecule has 0 bridgehead atoms. The van der Waals surface area contributed by atoms with Gasteiger partial charge in [0.2, 0.25) is 5.91 Å². The van der Waals surface area contributed by atoms with E-state index >= 15 is 0 Å². The molecule has 3 heteroatoms. The van der Waals surface area contributed by atoms with Crippen molar-refractivity contribution < 1.29 is 4.79 Å². The van der Waals surface area contributed by atoms with Crippen molar-refractivity contribution >= 4 is 5.91 Å². The van der Waals surface area contributed by atoms with Crippen LogP contribution in [-0.4, -0.2) is 24.5 Å². The van der Waals surface area contributed by atoms with E-state index in [-0.39, 0.29) is 18.0 Å². The van der Waals surface area contributed by atoms with Gasteiger partial charge in [0.15, 0.2) is 0 Å². The van der Waals surface area contributed by atoms with Crippen molar-refractivity contribution in [2.45, 2.75) is 25.4 Å². The first-order valence-electron chi connectivity index (χ1n) is 3.71. The first kappa shape index (κ1) is 8.09. The molecule has 1 heterocycles. The van der Waals surface area contributed by atoms with Gasteiger partial charge >= 0.3 is 0 Å². The van der Waals surface area contributed by atoms with Crippen LogP contribution in [-0.2, 0) is 4.79 Å². The molecule has 60 valence electrons. The highest BCUT2D eigenvalue weighted by Gasteiger charge is 2.21. The van der Waals surface area contributed by atoms with Gasteiger partial charge in [-0.2, -0.15) is 0 Å². The van der Waals surface area contributed by atoms with E-state index in [0.717, 1.165) is 0 Å². The lowest BCUT2D eigenvalue weighted by Gasteiger charge is -2.12. The zero-order valence-corrected chi connectivity index (χ0v) is 6.55. The van der Waals surface area contributed by atoms with Gasteiger partial charge in [-0.1, -0.05) is 5.92 Å². The topological polar surface area (TPSA) is 41.1 Å². The molecule has 1 rings (SSSR count).